The molecule has 2 fully saturated rings. The van der Waals surface area contributed by atoms with Crippen molar-refractivity contribution in [1.29, 1.82) is 0 Å². The van der Waals surface area contributed by atoms with Crippen molar-refractivity contribution in [3.8, 4) is 0 Å². The Morgan fingerprint density at radius 1 is 1.12 bits per heavy atom. The van der Waals surface area contributed by atoms with Crippen LogP contribution in [0.5, 0.6) is 0 Å². The Morgan fingerprint density at radius 2 is 1.82 bits per heavy atom. The molecule has 3 aliphatic rings. The summed E-state index contributed by atoms with van der Waals surface area (Å²) in [6, 6.07) is 7.78. The van der Waals surface area contributed by atoms with E-state index in [0.717, 1.165) is 69.4 Å². The van der Waals surface area contributed by atoms with E-state index in [9.17, 15) is 4.79 Å². The zero-order valence-corrected chi connectivity index (χ0v) is 21.8. The molecule has 0 bridgehead atoms. The molecule has 188 valence electrons. The second kappa shape index (κ2) is 11.9. The van der Waals surface area contributed by atoms with Crippen LogP contribution in [-0.4, -0.2) is 79.6 Å². The van der Waals surface area contributed by atoms with Crippen LogP contribution in [0.3, 0.4) is 0 Å². The van der Waals surface area contributed by atoms with Crippen LogP contribution in [0.25, 0.3) is 0 Å². The Hall–Kier alpha value is -1.63. The molecule has 7 heteroatoms. The zero-order chi connectivity index (χ0) is 24.1. The highest BCUT2D eigenvalue weighted by atomic mass is 35.5. The number of hydrogen-bond acceptors (Lipinski definition) is 5. The quantitative estimate of drug-likeness (QED) is 0.560. The number of nitrogens with zero attached hydrogens (tertiary/aromatic N) is 3. The molecule has 0 saturated carbocycles. The lowest BCUT2D eigenvalue weighted by molar-refractivity contribution is -0.126. The van der Waals surface area contributed by atoms with Gasteiger partial charge >= 0.3 is 0 Å². The van der Waals surface area contributed by atoms with E-state index in [2.05, 4.69) is 35.9 Å². The number of carbonyl (C=O) groups excluding carboxylic acids is 1. The predicted octanol–water partition coefficient (Wildman–Crippen LogP) is 4.07. The van der Waals surface area contributed by atoms with Crippen molar-refractivity contribution in [2.75, 3.05) is 45.8 Å². The van der Waals surface area contributed by atoms with Crippen LogP contribution < -0.4 is 5.32 Å². The van der Waals surface area contributed by atoms with Gasteiger partial charge in [-0.1, -0.05) is 37.6 Å². The van der Waals surface area contributed by atoms with E-state index < -0.39 is 0 Å². The number of likely N-dealkylation sites (tertiary alicyclic amines) is 2. The fraction of sp³-hybridized carbons (Fsp3) is 0.704. The van der Waals surface area contributed by atoms with Crippen molar-refractivity contribution in [3.63, 3.8) is 0 Å². The van der Waals surface area contributed by atoms with E-state index in [-0.39, 0.29) is 24.0 Å². The topological polar surface area (TPSA) is 57.2 Å². The fourth-order valence-electron chi connectivity index (χ4n) is 5.77. The molecule has 1 aromatic rings. The van der Waals surface area contributed by atoms with Crippen molar-refractivity contribution in [3.05, 3.63) is 34.9 Å². The van der Waals surface area contributed by atoms with Gasteiger partial charge in [0, 0.05) is 32.1 Å². The second-order valence-electron chi connectivity index (χ2n) is 10.7. The molecule has 2 unspecified atom stereocenters. The van der Waals surface area contributed by atoms with E-state index >= 15 is 0 Å². The van der Waals surface area contributed by atoms with Gasteiger partial charge in [-0.15, -0.1) is 0 Å². The minimum Gasteiger partial charge on any atom is -0.472 e. The third kappa shape index (κ3) is 6.73. The molecule has 0 aromatic heterocycles. The highest BCUT2D eigenvalue weighted by Gasteiger charge is 2.32. The number of amides is 1. The first-order chi connectivity index (χ1) is 16.4. The Labute approximate surface area is 210 Å². The van der Waals surface area contributed by atoms with Gasteiger partial charge in [0.1, 0.15) is 12.1 Å². The van der Waals surface area contributed by atoms with Gasteiger partial charge in [0.2, 0.25) is 11.8 Å². The fourth-order valence-corrected chi connectivity index (χ4v) is 5.99. The van der Waals surface area contributed by atoms with Crippen molar-refractivity contribution < 1.29 is 9.53 Å². The summed E-state index contributed by atoms with van der Waals surface area (Å²) in [7, 11) is 0. The predicted molar refractivity (Wildman–Crippen MR) is 138 cm³/mol. The lowest BCUT2D eigenvalue weighted by Crippen LogP contribution is -2.44. The number of hydrogen-bond donors (Lipinski definition) is 1. The first-order valence-corrected chi connectivity index (χ1v) is 13.5. The highest BCUT2D eigenvalue weighted by molar-refractivity contribution is 6.33. The molecule has 0 aliphatic carbocycles. The van der Waals surface area contributed by atoms with Gasteiger partial charge in [0.25, 0.3) is 0 Å². The number of piperidine rings is 2. The van der Waals surface area contributed by atoms with Gasteiger partial charge in [-0.25, -0.2) is 4.99 Å². The Balaban J connectivity index is 1.16. The van der Waals surface area contributed by atoms with Crippen molar-refractivity contribution in [2.24, 2.45) is 22.7 Å². The smallest absolute Gasteiger partial charge is 0.223 e. The monoisotopic (exact) mass is 488 g/mol. The largest absolute Gasteiger partial charge is 0.472 e. The molecule has 2 saturated heterocycles. The van der Waals surface area contributed by atoms with E-state index in [1.165, 1.54) is 19.5 Å². The van der Waals surface area contributed by atoms with Gasteiger partial charge in [0.05, 0.1) is 10.6 Å². The Kier molecular flexibility index (Phi) is 8.89. The molecule has 1 amide bonds. The summed E-state index contributed by atoms with van der Waals surface area (Å²) in [4.78, 5) is 22.5. The standard InChI is InChI=1S/C27H41ClN4O2/c1-19-15-20(2)17-32(16-19)12-6-11-29-26(33)22-9-13-31(14-10-22)18-25-21(3)34-27(30-25)23-7-4-5-8-24(23)28/h4-5,7-8,19-22,25H,6,9-18H2,1-3H3,(H,29,33)/t19-,20+,21?,25?. The molecule has 0 radical (unpaired) electrons. The lowest BCUT2D eigenvalue weighted by atomic mass is 9.92. The third-order valence-electron chi connectivity index (χ3n) is 7.53. The summed E-state index contributed by atoms with van der Waals surface area (Å²) in [5, 5.41) is 3.87. The number of halogens is 1. The molecule has 4 atom stereocenters. The van der Waals surface area contributed by atoms with E-state index in [4.69, 9.17) is 21.3 Å². The summed E-state index contributed by atoms with van der Waals surface area (Å²) >= 11 is 6.32. The number of aliphatic imine (C=N–C) groups is 1. The van der Waals surface area contributed by atoms with E-state index in [0.29, 0.717) is 10.9 Å². The first kappa shape index (κ1) is 25.5. The molecule has 6 nitrogen and oxygen atoms in total. The Morgan fingerprint density at radius 3 is 2.53 bits per heavy atom. The van der Waals surface area contributed by atoms with Gasteiger partial charge in [-0.3, -0.25) is 4.79 Å². The average molecular weight is 489 g/mol. The molecule has 34 heavy (non-hydrogen) atoms. The number of carbonyl (C=O) groups is 1. The van der Waals surface area contributed by atoms with Crippen molar-refractivity contribution in [2.45, 2.75) is 58.6 Å². The second-order valence-corrected chi connectivity index (χ2v) is 11.1. The van der Waals surface area contributed by atoms with Gasteiger partial charge < -0.3 is 19.9 Å². The lowest BCUT2D eigenvalue weighted by Gasteiger charge is -2.35. The molecule has 0 spiro atoms. The normalized spacial score (nSPS) is 29.0. The summed E-state index contributed by atoms with van der Waals surface area (Å²) in [5.41, 5.74) is 0.859. The number of ether oxygens (including phenoxy) is 1. The molecule has 4 rings (SSSR count). The molecular formula is C27H41ClN4O2. The molecular weight excluding hydrogens is 448 g/mol. The van der Waals surface area contributed by atoms with Crippen LogP contribution in [-0.2, 0) is 9.53 Å². The molecule has 1 N–H and O–H groups in total. The summed E-state index contributed by atoms with van der Waals surface area (Å²) < 4.78 is 6.02. The summed E-state index contributed by atoms with van der Waals surface area (Å²) in [6.45, 7) is 13.8. The maximum atomic E-state index is 12.7. The van der Waals surface area contributed by atoms with Gasteiger partial charge in [-0.05, 0) is 76.2 Å². The Bertz CT molecular complexity index is 845. The zero-order valence-electron chi connectivity index (χ0n) is 21.0. The van der Waals surface area contributed by atoms with Gasteiger partial charge in [0.15, 0.2) is 0 Å². The van der Waals surface area contributed by atoms with Gasteiger partial charge in [-0.2, -0.15) is 0 Å². The molecule has 3 heterocycles. The number of rotatable bonds is 8. The summed E-state index contributed by atoms with van der Waals surface area (Å²) in [5.74, 6) is 2.58. The molecule has 3 aliphatic heterocycles. The number of benzene rings is 1. The van der Waals surface area contributed by atoms with Crippen LogP contribution in [0, 0.1) is 17.8 Å². The average Bonchev–Trinajstić information content (AvgIpc) is 3.16. The van der Waals surface area contributed by atoms with Crippen LogP contribution in [0.4, 0.5) is 0 Å². The first-order valence-electron chi connectivity index (χ1n) is 13.1. The van der Waals surface area contributed by atoms with E-state index in [1.807, 2.05) is 24.3 Å². The van der Waals surface area contributed by atoms with Crippen LogP contribution in [0.15, 0.2) is 29.3 Å². The maximum absolute atomic E-state index is 12.7. The minimum atomic E-state index is 0.0261. The minimum absolute atomic E-state index is 0.0261. The van der Waals surface area contributed by atoms with E-state index in [1.54, 1.807) is 0 Å². The summed E-state index contributed by atoms with van der Waals surface area (Å²) in [6.07, 6.45) is 4.23. The van der Waals surface area contributed by atoms with Crippen LogP contribution >= 0.6 is 11.6 Å². The van der Waals surface area contributed by atoms with Crippen molar-refractivity contribution in [1.82, 2.24) is 15.1 Å². The highest BCUT2D eigenvalue weighted by Crippen LogP contribution is 2.25. The number of nitrogens with one attached hydrogen (secondary N) is 1. The van der Waals surface area contributed by atoms with Crippen LogP contribution in [0.2, 0.25) is 5.02 Å². The SMILES string of the molecule is CC1OC(c2ccccc2Cl)=NC1CN1CCC(C(=O)NCCCN2C[C@H](C)C[C@H](C)C2)CC1. The van der Waals surface area contributed by atoms with Crippen molar-refractivity contribution >= 4 is 23.4 Å². The molecule has 1 aromatic carbocycles. The van der Waals surface area contributed by atoms with Crippen LogP contribution in [0.1, 0.15) is 52.0 Å². The third-order valence-corrected chi connectivity index (χ3v) is 7.85. The maximum Gasteiger partial charge on any atom is 0.223 e.